The minimum Gasteiger partial charge on any atom is -0.443 e. The molecule has 0 aromatic rings. The van der Waals surface area contributed by atoms with Crippen LogP contribution in [0.25, 0.3) is 0 Å². The van der Waals surface area contributed by atoms with E-state index in [1.807, 2.05) is 6.92 Å². The maximum Gasteiger partial charge on any atom is 0.405 e. The highest BCUT2D eigenvalue weighted by Gasteiger charge is 2.35. The molecule has 1 aliphatic carbocycles. The van der Waals surface area contributed by atoms with Crippen LogP contribution in [0.2, 0.25) is 0 Å². The Bertz CT molecular complexity index is 1280. The molecule has 6 unspecified atom stereocenters. The highest BCUT2D eigenvalue weighted by Crippen LogP contribution is 2.30. The van der Waals surface area contributed by atoms with Crippen LogP contribution in [0.4, 0.5) is 9.59 Å². The van der Waals surface area contributed by atoms with Crippen LogP contribution in [-0.2, 0) is 33.3 Å². The molecule has 2 bridgehead atoms. The second-order valence-corrected chi connectivity index (χ2v) is 11.3. The van der Waals surface area contributed by atoms with Gasteiger partial charge in [0.25, 0.3) is 5.91 Å². The van der Waals surface area contributed by atoms with E-state index in [4.69, 9.17) is 30.4 Å². The van der Waals surface area contributed by atoms with Gasteiger partial charge in [-0.05, 0) is 51.0 Å². The lowest BCUT2D eigenvalue weighted by molar-refractivity contribution is -0.120. The third-order valence-corrected chi connectivity index (χ3v) is 7.76. The molecule has 0 spiro atoms. The summed E-state index contributed by atoms with van der Waals surface area (Å²) in [6.45, 7) is 10.9. The van der Waals surface area contributed by atoms with E-state index in [0.29, 0.717) is 30.4 Å². The van der Waals surface area contributed by atoms with Crippen LogP contribution in [0.1, 0.15) is 53.4 Å². The van der Waals surface area contributed by atoms with E-state index in [1.54, 1.807) is 39.0 Å². The predicted octanol–water partition coefficient (Wildman–Crippen LogP) is 2.86. The smallest absolute Gasteiger partial charge is 0.405 e. The zero-order valence-electron chi connectivity index (χ0n) is 26.8. The number of carbonyl (C=O) groups excluding carboxylic acids is 5. The number of rotatable bonds is 7. The van der Waals surface area contributed by atoms with Crippen LogP contribution < -0.4 is 22.1 Å². The second-order valence-electron chi connectivity index (χ2n) is 11.3. The molecule has 6 atom stereocenters. The molecule has 13 nitrogen and oxygen atoms in total. The summed E-state index contributed by atoms with van der Waals surface area (Å²) in [5, 5.41) is 5.55. The molecular weight excluding hydrogens is 584 g/mol. The maximum atomic E-state index is 13.7. The Morgan fingerprint density at radius 1 is 1.07 bits per heavy atom. The molecule has 3 amide bonds. The van der Waals surface area contributed by atoms with Crippen LogP contribution in [0.15, 0.2) is 59.0 Å². The van der Waals surface area contributed by atoms with Gasteiger partial charge in [-0.25, -0.2) is 9.59 Å². The Hall–Kier alpha value is -4.23. The number of amides is 3. The first kappa shape index (κ1) is 37.0. The molecule has 0 saturated carbocycles. The third-order valence-electron chi connectivity index (χ3n) is 7.76. The van der Waals surface area contributed by atoms with Crippen molar-refractivity contribution in [3.05, 3.63) is 59.0 Å². The summed E-state index contributed by atoms with van der Waals surface area (Å²) in [5.74, 6) is -2.28. The number of carbonyl (C=O) groups is 5. The topological polar surface area (TPSA) is 198 Å². The zero-order valence-corrected chi connectivity index (χ0v) is 26.8. The van der Waals surface area contributed by atoms with E-state index in [-0.39, 0.29) is 35.9 Å². The fraction of sp³-hybridized carbons (Fsp3) is 0.531. The van der Waals surface area contributed by atoms with Gasteiger partial charge >= 0.3 is 12.2 Å². The van der Waals surface area contributed by atoms with Gasteiger partial charge in [-0.2, -0.15) is 0 Å². The van der Waals surface area contributed by atoms with Crippen molar-refractivity contribution in [2.75, 3.05) is 20.8 Å². The van der Waals surface area contributed by atoms with Crippen LogP contribution in [0, 0.1) is 11.8 Å². The van der Waals surface area contributed by atoms with Gasteiger partial charge in [-0.1, -0.05) is 32.1 Å². The SMILES string of the molecule is C=CCNC1=C2CC(C)CC(OC)C(OC(N)=O)C(C)C=C(C)C(OC(N)=O)C(OC)CCC=C(C)C(=O)NC(=CC1=O)C2=O. The summed E-state index contributed by atoms with van der Waals surface area (Å²) >= 11 is 0. The number of methoxy groups -OCH3 is 2. The number of ether oxygens (including phenoxy) is 4. The Morgan fingerprint density at radius 3 is 2.29 bits per heavy atom. The van der Waals surface area contributed by atoms with Crippen molar-refractivity contribution >= 4 is 29.7 Å². The molecule has 0 fully saturated rings. The van der Waals surface area contributed by atoms with Gasteiger partial charge in [0.1, 0.15) is 6.10 Å². The summed E-state index contributed by atoms with van der Waals surface area (Å²) in [5.41, 5.74) is 11.9. The van der Waals surface area contributed by atoms with Crippen LogP contribution in [0.3, 0.4) is 0 Å². The Labute approximate surface area is 264 Å². The normalized spacial score (nSPS) is 27.4. The van der Waals surface area contributed by atoms with E-state index in [9.17, 15) is 24.0 Å². The number of fused-ring (bicyclic) bond motifs is 2. The van der Waals surface area contributed by atoms with E-state index >= 15 is 0 Å². The van der Waals surface area contributed by atoms with Gasteiger partial charge < -0.3 is 41.0 Å². The van der Waals surface area contributed by atoms with Gasteiger partial charge in [0.2, 0.25) is 11.6 Å². The van der Waals surface area contributed by atoms with E-state index in [2.05, 4.69) is 17.2 Å². The Kier molecular flexibility index (Phi) is 14.2. The molecule has 0 radical (unpaired) electrons. The van der Waals surface area contributed by atoms with Crippen molar-refractivity contribution < 1.29 is 42.9 Å². The lowest BCUT2D eigenvalue weighted by Crippen LogP contribution is -2.41. The van der Waals surface area contributed by atoms with Gasteiger partial charge in [0, 0.05) is 43.9 Å². The van der Waals surface area contributed by atoms with Crippen LogP contribution in [-0.4, -0.2) is 74.8 Å². The molecule has 6 N–H and O–H groups in total. The number of Topliss-reactive ketones (excluding diaryl/α,β-unsaturated/α-hetero) is 1. The number of nitrogens with one attached hydrogen (secondary N) is 2. The average Bonchev–Trinajstić information content (AvgIpc) is 2.97. The van der Waals surface area contributed by atoms with Crippen molar-refractivity contribution in [3.8, 4) is 0 Å². The van der Waals surface area contributed by atoms with Gasteiger partial charge in [-0.15, -0.1) is 6.58 Å². The van der Waals surface area contributed by atoms with E-state index in [0.717, 1.165) is 6.08 Å². The Balaban J connectivity index is 2.67. The Morgan fingerprint density at radius 2 is 1.71 bits per heavy atom. The van der Waals surface area contributed by atoms with Gasteiger partial charge in [0.05, 0.1) is 23.6 Å². The highest BCUT2D eigenvalue weighted by atomic mass is 16.6. The maximum absolute atomic E-state index is 13.7. The minimum atomic E-state index is -1.01. The van der Waals surface area contributed by atoms with Crippen molar-refractivity contribution in [1.82, 2.24) is 10.6 Å². The highest BCUT2D eigenvalue weighted by molar-refractivity contribution is 6.23. The third kappa shape index (κ3) is 10.4. The molecule has 0 saturated heterocycles. The molecule has 248 valence electrons. The molecule has 13 heteroatoms. The number of primary amides is 2. The first-order valence-electron chi connectivity index (χ1n) is 14.8. The fourth-order valence-corrected chi connectivity index (χ4v) is 5.56. The lowest BCUT2D eigenvalue weighted by Gasteiger charge is -2.32. The predicted molar refractivity (Wildman–Crippen MR) is 166 cm³/mol. The van der Waals surface area contributed by atoms with Crippen molar-refractivity contribution in [2.45, 2.75) is 77.8 Å². The van der Waals surface area contributed by atoms with E-state index < -0.39 is 60.0 Å². The van der Waals surface area contributed by atoms with Gasteiger partial charge in [-0.3, -0.25) is 14.4 Å². The summed E-state index contributed by atoms with van der Waals surface area (Å²) < 4.78 is 22.4. The summed E-state index contributed by atoms with van der Waals surface area (Å²) in [6.07, 6.45) is 2.06. The average molecular weight is 631 g/mol. The number of ketones is 2. The van der Waals surface area contributed by atoms with E-state index in [1.165, 1.54) is 14.2 Å². The monoisotopic (exact) mass is 630 g/mol. The standard InChI is InChI=1S/C32H46N4O9/c1-8-12-35-26-21-13-17(2)14-25(43-7)29(45-32(34)41)20(5)15-19(4)28(44-31(33)40)24(42-6)11-9-10-18(3)30(39)36-22(27(21)38)16-23(26)37/h8,10,15-17,20,24-25,28-29,35H,1,9,11-14H2,2-7H3,(H2,33,40)(H2,34,41)(H,36,39). The zero-order chi connectivity index (χ0) is 33.8. The molecule has 45 heavy (non-hydrogen) atoms. The minimum absolute atomic E-state index is 0.125. The van der Waals surface area contributed by atoms with Crippen molar-refractivity contribution in [1.29, 1.82) is 0 Å². The summed E-state index contributed by atoms with van der Waals surface area (Å²) in [7, 11) is 2.92. The van der Waals surface area contributed by atoms with Gasteiger partial charge in [0.15, 0.2) is 6.10 Å². The number of nitrogens with two attached hydrogens (primary N) is 2. The molecule has 0 aromatic heterocycles. The van der Waals surface area contributed by atoms with Crippen molar-refractivity contribution in [2.24, 2.45) is 23.3 Å². The fourth-order valence-electron chi connectivity index (χ4n) is 5.56. The number of hydrogen-bond acceptors (Lipinski definition) is 10. The first-order valence-corrected chi connectivity index (χ1v) is 14.8. The van der Waals surface area contributed by atoms with Crippen LogP contribution >= 0.6 is 0 Å². The quantitative estimate of drug-likeness (QED) is 0.240. The molecule has 1 aliphatic heterocycles. The number of hydrogen-bond donors (Lipinski definition) is 4. The number of allylic oxidation sites excluding steroid dienone is 3. The lowest BCUT2D eigenvalue weighted by atomic mass is 9.85. The molecular formula is C32H46N4O9. The summed E-state index contributed by atoms with van der Waals surface area (Å²) in [4.78, 5) is 63.7. The molecule has 1 heterocycles. The first-order chi connectivity index (χ1) is 21.2. The van der Waals surface area contributed by atoms with Crippen LogP contribution in [0.5, 0.6) is 0 Å². The molecule has 2 rings (SSSR count). The van der Waals surface area contributed by atoms with Crippen molar-refractivity contribution in [3.63, 3.8) is 0 Å². The molecule has 2 aliphatic rings. The second kappa shape index (κ2) is 17.3. The summed E-state index contributed by atoms with van der Waals surface area (Å²) in [6, 6.07) is 0. The molecule has 0 aromatic carbocycles. The largest absolute Gasteiger partial charge is 0.443 e.